The number of rotatable bonds is 5. The van der Waals surface area contributed by atoms with Crippen LogP contribution in [0.15, 0.2) is 36.5 Å². The molecule has 1 aromatic carbocycles. The Labute approximate surface area is 213 Å². The molecule has 0 saturated carbocycles. The van der Waals surface area contributed by atoms with Crippen LogP contribution < -0.4 is 5.32 Å². The van der Waals surface area contributed by atoms with Gasteiger partial charge < -0.3 is 10.2 Å². The molecule has 0 bridgehead atoms. The second-order valence-corrected chi connectivity index (χ2v) is 11.1. The van der Waals surface area contributed by atoms with Crippen molar-refractivity contribution in [2.75, 3.05) is 25.5 Å². The number of carbonyl (C=O) groups excluding carboxylic acids is 1. The highest BCUT2D eigenvalue weighted by Gasteiger charge is 2.26. The summed E-state index contributed by atoms with van der Waals surface area (Å²) >= 11 is 7.48. The van der Waals surface area contributed by atoms with Gasteiger partial charge in [0, 0.05) is 46.9 Å². The first-order valence-corrected chi connectivity index (χ1v) is 12.5. The number of anilines is 2. The van der Waals surface area contributed by atoms with Gasteiger partial charge in [-0.05, 0) is 58.0 Å². The van der Waals surface area contributed by atoms with Gasteiger partial charge in [-0.15, -0.1) is 11.3 Å². The van der Waals surface area contributed by atoms with Crippen molar-refractivity contribution in [3.63, 3.8) is 0 Å². The van der Waals surface area contributed by atoms with E-state index in [9.17, 15) is 14.4 Å². The molecule has 1 amide bonds. The van der Waals surface area contributed by atoms with Crippen LogP contribution in [-0.2, 0) is 17.8 Å². The Morgan fingerprint density at radius 1 is 1.43 bits per heavy atom. The third kappa shape index (κ3) is 5.32. The number of amides is 1. The normalized spacial score (nSPS) is 13.9. The fourth-order valence-corrected chi connectivity index (χ4v) is 5.27. The molecule has 182 valence electrons. The summed E-state index contributed by atoms with van der Waals surface area (Å²) < 4.78 is 13.6. The molecule has 3 aromatic rings. The summed E-state index contributed by atoms with van der Waals surface area (Å²) in [6, 6.07) is 6.56. The van der Waals surface area contributed by atoms with Crippen molar-refractivity contribution in [2.45, 2.75) is 39.3 Å². The molecule has 0 spiro atoms. The molecule has 0 aliphatic carbocycles. The number of fused-ring (bicyclic) bond motifs is 3. The van der Waals surface area contributed by atoms with E-state index in [-0.39, 0.29) is 16.5 Å². The average Bonchev–Trinajstić information content (AvgIpc) is 3.19. The van der Waals surface area contributed by atoms with Gasteiger partial charge in [-0.25, -0.2) is 9.37 Å². The monoisotopic (exact) mass is 511 g/mol. The van der Waals surface area contributed by atoms with E-state index in [4.69, 9.17) is 11.6 Å². The van der Waals surface area contributed by atoms with Gasteiger partial charge in [0.15, 0.2) is 0 Å². The molecule has 0 radical (unpaired) electrons. The quantitative estimate of drug-likeness (QED) is 0.433. The molecule has 0 unspecified atom stereocenters. The average molecular weight is 512 g/mol. The van der Waals surface area contributed by atoms with E-state index in [0.717, 1.165) is 20.7 Å². The van der Waals surface area contributed by atoms with Crippen molar-refractivity contribution in [1.82, 2.24) is 14.8 Å². The predicted molar refractivity (Wildman–Crippen MR) is 140 cm³/mol. The summed E-state index contributed by atoms with van der Waals surface area (Å²) in [7, 11) is 2.03. The van der Waals surface area contributed by atoms with E-state index in [2.05, 4.69) is 42.0 Å². The molecule has 4 rings (SSSR count). The van der Waals surface area contributed by atoms with Crippen LogP contribution in [0.2, 0.25) is 5.02 Å². The van der Waals surface area contributed by atoms with Gasteiger partial charge in [-0.2, -0.15) is 5.26 Å². The number of nitriles is 1. The SMILES string of the molecule is CN(C/C=C/C(=O)N1CCc2c(sc3ncc(C#N)c(Nc4ccc(F)c(Cl)c4)c23)C1)C(C)(C)C. The standard InChI is InChI=1S/C26H27ClFN5OS/c1-26(2,3)32(4)10-5-6-22(34)33-11-9-18-21(15-33)35-25-23(18)24(16(13-29)14-30-25)31-17-7-8-20(28)19(27)12-17/h5-8,12,14H,9-11,15H2,1-4H3,(H,30,31)/b6-5+. The van der Waals surface area contributed by atoms with Crippen molar-refractivity contribution < 1.29 is 9.18 Å². The fourth-order valence-electron chi connectivity index (χ4n) is 3.87. The van der Waals surface area contributed by atoms with E-state index in [0.29, 0.717) is 43.0 Å². The topological polar surface area (TPSA) is 72.3 Å². The van der Waals surface area contributed by atoms with Crippen LogP contribution in [0.4, 0.5) is 15.8 Å². The number of thiophene rings is 1. The maximum atomic E-state index is 13.6. The molecule has 0 saturated heterocycles. The van der Waals surface area contributed by atoms with E-state index >= 15 is 0 Å². The predicted octanol–water partition coefficient (Wildman–Crippen LogP) is 5.88. The maximum absolute atomic E-state index is 13.6. The largest absolute Gasteiger partial charge is 0.354 e. The van der Waals surface area contributed by atoms with Gasteiger partial charge in [0.05, 0.1) is 22.8 Å². The number of likely N-dealkylation sites (N-methyl/N-ethyl adjacent to an activating group) is 1. The second-order valence-electron chi connectivity index (χ2n) is 9.56. The molecule has 1 aliphatic rings. The van der Waals surface area contributed by atoms with Gasteiger partial charge in [0.25, 0.3) is 0 Å². The van der Waals surface area contributed by atoms with Crippen molar-refractivity contribution in [1.29, 1.82) is 5.26 Å². The van der Waals surface area contributed by atoms with Gasteiger partial charge >= 0.3 is 0 Å². The molecule has 9 heteroatoms. The Kier molecular flexibility index (Phi) is 7.13. The molecule has 2 aromatic heterocycles. The number of benzene rings is 1. The first-order valence-electron chi connectivity index (χ1n) is 11.3. The van der Waals surface area contributed by atoms with Crippen molar-refractivity contribution in [3.8, 4) is 6.07 Å². The van der Waals surface area contributed by atoms with Gasteiger partial charge in [0.2, 0.25) is 5.91 Å². The van der Waals surface area contributed by atoms with Gasteiger partial charge in [-0.3, -0.25) is 9.69 Å². The van der Waals surface area contributed by atoms with Crippen LogP contribution in [0, 0.1) is 17.1 Å². The minimum Gasteiger partial charge on any atom is -0.354 e. The summed E-state index contributed by atoms with van der Waals surface area (Å²) in [6.45, 7) is 8.18. The number of aromatic nitrogens is 1. The van der Waals surface area contributed by atoms with Crippen LogP contribution in [0.5, 0.6) is 0 Å². The molecule has 1 N–H and O–H groups in total. The van der Waals surface area contributed by atoms with Crippen LogP contribution in [0.25, 0.3) is 10.2 Å². The minimum atomic E-state index is -0.505. The molecule has 1 aliphatic heterocycles. The maximum Gasteiger partial charge on any atom is 0.246 e. The Morgan fingerprint density at radius 2 is 2.20 bits per heavy atom. The van der Waals surface area contributed by atoms with Gasteiger partial charge in [0.1, 0.15) is 16.7 Å². The molecule has 0 fully saturated rings. The van der Waals surface area contributed by atoms with E-state index in [1.54, 1.807) is 12.1 Å². The zero-order chi connectivity index (χ0) is 25.3. The minimum absolute atomic E-state index is 0.00191. The molecule has 0 atom stereocenters. The number of carbonyl (C=O) groups is 1. The van der Waals surface area contributed by atoms with Crippen molar-refractivity contribution in [2.24, 2.45) is 0 Å². The number of halogens is 2. The zero-order valence-corrected chi connectivity index (χ0v) is 21.7. The molecular formula is C26H27ClFN5OS. The molecule has 6 nitrogen and oxygen atoms in total. The van der Waals surface area contributed by atoms with Crippen LogP contribution in [0.3, 0.4) is 0 Å². The number of nitrogens with one attached hydrogen (secondary N) is 1. The second kappa shape index (κ2) is 9.94. The third-order valence-electron chi connectivity index (χ3n) is 6.27. The summed E-state index contributed by atoms with van der Waals surface area (Å²) in [5, 5.41) is 13.8. The summed E-state index contributed by atoms with van der Waals surface area (Å²) in [6.07, 6.45) is 5.75. The zero-order valence-electron chi connectivity index (χ0n) is 20.2. The number of nitrogens with zero attached hydrogens (tertiary/aromatic N) is 4. The summed E-state index contributed by atoms with van der Waals surface area (Å²) in [5.41, 5.74) is 2.72. The van der Waals surface area contributed by atoms with E-state index < -0.39 is 5.82 Å². The smallest absolute Gasteiger partial charge is 0.246 e. The highest BCUT2D eigenvalue weighted by molar-refractivity contribution is 7.19. The lowest BCUT2D eigenvalue weighted by Gasteiger charge is -2.31. The van der Waals surface area contributed by atoms with E-state index in [1.807, 2.05) is 18.0 Å². The molecular weight excluding hydrogens is 485 g/mol. The highest BCUT2D eigenvalue weighted by atomic mass is 35.5. The first-order chi connectivity index (χ1) is 16.6. The lowest BCUT2D eigenvalue weighted by Crippen LogP contribution is -2.38. The Hall–Kier alpha value is -2.99. The van der Waals surface area contributed by atoms with Crippen molar-refractivity contribution in [3.05, 3.63) is 63.4 Å². The number of hydrogen-bond acceptors (Lipinski definition) is 6. The lowest BCUT2D eigenvalue weighted by molar-refractivity contribution is -0.126. The van der Waals surface area contributed by atoms with Crippen LogP contribution in [-0.4, -0.2) is 46.4 Å². The third-order valence-corrected chi connectivity index (χ3v) is 7.69. The Balaban J connectivity index is 1.60. The summed E-state index contributed by atoms with van der Waals surface area (Å²) in [4.78, 5) is 23.2. The highest BCUT2D eigenvalue weighted by Crippen LogP contribution is 2.40. The number of hydrogen-bond donors (Lipinski definition) is 1. The van der Waals surface area contributed by atoms with Crippen molar-refractivity contribution >= 4 is 50.4 Å². The summed E-state index contributed by atoms with van der Waals surface area (Å²) in [5.74, 6) is -0.519. The Bertz CT molecular complexity index is 1350. The van der Waals surface area contributed by atoms with E-state index in [1.165, 1.54) is 29.7 Å². The molecule has 3 heterocycles. The van der Waals surface area contributed by atoms with Gasteiger partial charge in [-0.1, -0.05) is 17.7 Å². The Morgan fingerprint density at radius 3 is 2.89 bits per heavy atom. The first kappa shape index (κ1) is 25.1. The van der Waals surface area contributed by atoms with Crippen LogP contribution >= 0.6 is 22.9 Å². The van der Waals surface area contributed by atoms with Crippen LogP contribution in [0.1, 0.15) is 36.8 Å². The number of pyridine rings is 1. The fraction of sp³-hybridized carbons (Fsp3) is 0.346. The lowest BCUT2D eigenvalue weighted by atomic mass is 10.0. The molecule has 35 heavy (non-hydrogen) atoms.